The number of nitrogens with one attached hydrogen (secondary N) is 2. The van der Waals surface area contributed by atoms with Crippen molar-refractivity contribution in [3.05, 3.63) is 18.3 Å². The van der Waals surface area contributed by atoms with Gasteiger partial charge in [-0.15, -0.1) is 0 Å². The molecule has 1 aromatic heterocycles. The van der Waals surface area contributed by atoms with Crippen LogP contribution >= 0.6 is 0 Å². The molecule has 0 aliphatic rings. The van der Waals surface area contributed by atoms with Crippen molar-refractivity contribution >= 4 is 15.8 Å². The van der Waals surface area contributed by atoms with Crippen LogP contribution in [0.4, 0.5) is 19.0 Å². The van der Waals surface area contributed by atoms with Gasteiger partial charge < -0.3 is 10.1 Å². The standard InChI is InChI=1S/C10H14F3N3O3S/c1-14-9-6-8(2-3-15-9)20(17,18)16-4-5-19-7-10(11,12)13/h2-3,6,16H,4-5,7H2,1H3,(H,14,15). The maximum atomic E-state index is 11.8. The molecule has 0 aliphatic heterocycles. The largest absolute Gasteiger partial charge is 0.411 e. The molecule has 6 nitrogen and oxygen atoms in total. The molecule has 0 aliphatic carbocycles. The third kappa shape index (κ3) is 5.72. The van der Waals surface area contributed by atoms with Crippen LogP contribution in [-0.4, -0.2) is 46.4 Å². The molecule has 114 valence electrons. The van der Waals surface area contributed by atoms with E-state index in [1.54, 1.807) is 7.05 Å². The van der Waals surface area contributed by atoms with Gasteiger partial charge in [0.05, 0.1) is 11.5 Å². The van der Waals surface area contributed by atoms with Gasteiger partial charge in [-0.25, -0.2) is 18.1 Å². The Bertz CT molecular complexity index is 534. The van der Waals surface area contributed by atoms with Crippen molar-refractivity contribution in [2.24, 2.45) is 0 Å². The lowest BCUT2D eigenvalue weighted by atomic mass is 10.5. The highest BCUT2D eigenvalue weighted by atomic mass is 32.2. The molecule has 0 aromatic carbocycles. The highest BCUT2D eigenvalue weighted by Crippen LogP contribution is 2.14. The van der Waals surface area contributed by atoms with E-state index in [4.69, 9.17) is 0 Å². The normalized spacial score (nSPS) is 12.4. The van der Waals surface area contributed by atoms with E-state index in [0.29, 0.717) is 5.82 Å². The number of pyridine rings is 1. The van der Waals surface area contributed by atoms with E-state index >= 15 is 0 Å². The van der Waals surface area contributed by atoms with Gasteiger partial charge in [0.15, 0.2) is 0 Å². The minimum Gasteiger partial charge on any atom is -0.373 e. The summed E-state index contributed by atoms with van der Waals surface area (Å²) in [5.41, 5.74) is 0. The van der Waals surface area contributed by atoms with Crippen molar-refractivity contribution in [3.63, 3.8) is 0 Å². The molecule has 0 unspecified atom stereocenters. The van der Waals surface area contributed by atoms with Gasteiger partial charge in [-0.3, -0.25) is 0 Å². The number of sulfonamides is 1. The second-order valence-electron chi connectivity index (χ2n) is 3.69. The number of halogens is 3. The van der Waals surface area contributed by atoms with Crippen molar-refractivity contribution in [2.45, 2.75) is 11.1 Å². The Labute approximate surface area is 114 Å². The van der Waals surface area contributed by atoms with Crippen molar-refractivity contribution in [1.82, 2.24) is 9.71 Å². The van der Waals surface area contributed by atoms with Gasteiger partial charge in [0.25, 0.3) is 0 Å². The van der Waals surface area contributed by atoms with Crippen molar-refractivity contribution in [3.8, 4) is 0 Å². The molecule has 0 saturated carbocycles. The molecule has 1 rings (SSSR count). The van der Waals surface area contributed by atoms with E-state index in [9.17, 15) is 21.6 Å². The molecule has 0 radical (unpaired) electrons. The molecule has 0 saturated heterocycles. The quantitative estimate of drug-likeness (QED) is 0.734. The molecule has 20 heavy (non-hydrogen) atoms. The lowest BCUT2D eigenvalue weighted by molar-refractivity contribution is -0.173. The van der Waals surface area contributed by atoms with Crippen LogP contribution in [0.25, 0.3) is 0 Å². The Morgan fingerprint density at radius 1 is 1.40 bits per heavy atom. The molecular formula is C10H14F3N3O3S. The minimum absolute atomic E-state index is 0.0346. The summed E-state index contributed by atoms with van der Waals surface area (Å²) in [5, 5.41) is 2.68. The highest BCUT2D eigenvalue weighted by Gasteiger charge is 2.27. The van der Waals surface area contributed by atoms with Crippen LogP contribution in [0.2, 0.25) is 0 Å². The van der Waals surface area contributed by atoms with E-state index < -0.39 is 22.8 Å². The summed E-state index contributed by atoms with van der Waals surface area (Å²) in [6, 6.07) is 2.58. The van der Waals surface area contributed by atoms with Gasteiger partial charge in [-0.05, 0) is 6.07 Å². The lowest BCUT2D eigenvalue weighted by Gasteiger charge is -2.09. The van der Waals surface area contributed by atoms with Crippen LogP contribution in [0.15, 0.2) is 23.2 Å². The predicted octanol–water partition coefficient (Wildman–Crippen LogP) is 0.980. The summed E-state index contributed by atoms with van der Waals surface area (Å²) in [4.78, 5) is 3.82. The molecule has 0 atom stereocenters. The molecule has 0 bridgehead atoms. The van der Waals surface area contributed by atoms with Crippen LogP contribution in [0.3, 0.4) is 0 Å². The fraction of sp³-hybridized carbons (Fsp3) is 0.500. The van der Waals surface area contributed by atoms with Crippen molar-refractivity contribution in [1.29, 1.82) is 0 Å². The number of hydrogen-bond donors (Lipinski definition) is 2. The topological polar surface area (TPSA) is 80.3 Å². The van der Waals surface area contributed by atoms with E-state index in [1.165, 1.54) is 18.3 Å². The number of ether oxygens (including phenoxy) is 1. The fourth-order valence-corrected chi connectivity index (χ4v) is 2.26. The molecule has 0 fully saturated rings. The highest BCUT2D eigenvalue weighted by molar-refractivity contribution is 7.89. The number of rotatable bonds is 7. The average Bonchev–Trinajstić information content (AvgIpc) is 2.37. The Hall–Kier alpha value is -1.39. The zero-order valence-corrected chi connectivity index (χ0v) is 11.4. The van der Waals surface area contributed by atoms with Gasteiger partial charge in [-0.1, -0.05) is 0 Å². The number of anilines is 1. The van der Waals surface area contributed by atoms with E-state index in [0.717, 1.165) is 0 Å². The third-order valence-corrected chi connectivity index (χ3v) is 3.56. The Morgan fingerprint density at radius 3 is 2.70 bits per heavy atom. The minimum atomic E-state index is -4.42. The molecule has 10 heteroatoms. The zero-order valence-electron chi connectivity index (χ0n) is 10.6. The van der Waals surface area contributed by atoms with Crippen LogP contribution < -0.4 is 10.0 Å². The van der Waals surface area contributed by atoms with Crippen molar-refractivity contribution in [2.75, 3.05) is 32.1 Å². The summed E-state index contributed by atoms with van der Waals surface area (Å²) < 4.78 is 65.4. The number of nitrogens with zero attached hydrogens (tertiary/aromatic N) is 1. The van der Waals surface area contributed by atoms with Crippen LogP contribution in [0.1, 0.15) is 0 Å². The SMILES string of the molecule is CNc1cc(S(=O)(=O)NCCOCC(F)(F)F)ccn1. The maximum Gasteiger partial charge on any atom is 0.411 e. The van der Waals surface area contributed by atoms with E-state index in [1.807, 2.05) is 0 Å². The smallest absolute Gasteiger partial charge is 0.373 e. The summed E-state index contributed by atoms with van der Waals surface area (Å²) >= 11 is 0. The summed E-state index contributed by atoms with van der Waals surface area (Å²) in [6.07, 6.45) is -3.12. The molecule has 1 heterocycles. The predicted molar refractivity (Wildman–Crippen MR) is 65.8 cm³/mol. The van der Waals surface area contributed by atoms with Gasteiger partial charge in [-0.2, -0.15) is 13.2 Å². The van der Waals surface area contributed by atoms with Gasteiger partial charge >= 0.3 is 6.18 Å². The molecule has 0 spiro atoms. The summed E-state index contributed by atoms with van der Waals surface area (Å²) in [6.45, 7) is -2.04. The Morgan fingerprint density at radius 2 is 2.10 bits per heavy atom. The molecule has 1 aromatic rings. The maximum absolute atomic E-state index is 11.8. The van der Waals surface area contributed by atoms with Gasteiger partial charge in [0.2, 0.25) is 10.0 Å². The first-order valence-corrected chi connectivity index (χ1v) is 7.01. The first-order valence-electron chi connectivity index (χ1n) is 5.52. The summed E-state index contributed by atoms with van der Waals surface area (Å²) in [5.74, 6) is 0.362. The zero-order chi connectivity index (χ0) is 15.2. The monoisotopic (exact) mass is 313 g/mol. The average molecular weight is 313 g/mol. The second kappa shape index (κ2) is 6.86. The number of alkyl halides is 3. The Balaban J connectivity index is 2.49. The van der Waals surface area contributed by atoms with E-state index in [-0.39, 0.29) is 18.0 Å². The second-order valence-corrected chi connectivity index (χ2v) is 5.46. The third-order valence-electron chi connectivity index (χ3n) is 2.10. The molecule has 2 N–H and O–H groups in total. The van der Waals surface area contributed by atoms with Crippen LogP contribution in [0, 0.1) is 0 Å². The summed E-state index contributed by atoms with van der Waals surface area (Å²) in [7, 11) is -2.22. The molecule has 0 amide bonds. The number of aromatic nitrogens is 1. The Kier molecular flexibility index (Phi) is 5.72. The first-order chi connectivity index (χ1) is 9.24. The van der Waals surface area contributed by atoms with Crippen LogP contribution in [-0.2, 0) is 14.8 Å². The van der Waals surface area contributed by atoms with Crippen molar-refractivity contribution < 1.29 is 26.3 Å². The number of hydrogen-bond acceptors (Lipinski definition) is 5. The first kappa shape index (κ1) is 16.7. The van der Waals surface area contributed by atoms with Gasteiger partial charge in [0.1, 0.15) is 12.4 Å². The van der Waals surface area contributed by atoms with Gasteiger partial charge in [0, 0.05) is 25.9 Å². The molecular weight excluding hydrogens is 299 g/mol. The fourth-order valence-electron chi connectivity index (χ4n) is 1.23. The van der Waals surface area contributed by atoms with E-state index in [2.05, 4.69) is 19.8 Å². The lowest BCUT2D eigenvalue weighted by Crippen LogP contribution is -2.29. The van der Waals surface area contributed by atoms with Crippen LogP contribution in [0.5, 0.6) is 0 Å².